The molecule has 0 fully saturated rings. The van der Waals surface area contributed by atoms with Crippen LogP contribution in [0.1, 0.15) is 40.5 Å². The highest BCUT2D eigenvalue weighted by Gasteiger charge is 2.19. The summed E-state index contributed by atoms with van der Waals surface area (Å²) >= 11 is 0. The highest BCUT2D eigenvalue weighted by Crippen LogP contribution is 2.10. The van der Waals surface area contributed by atoms with E-state index in [0.29, 0.717) is 48.8 Å². The molecule has 0 saturated carbocycles. The van der Waals surface area contributed by atoms with Crippen LogP contribution in [0.3, 0.4) is 0 Å². The lowest BCUT2D eigenvalue weighted by atomic mass is 10.0. The van der Waals surface area contributed by atoms with Gasteiger partial charge in [0.15, 0.2) is 0 Å². The first-order valence-corrected chi connectivity index (χ1v) is 9.92. The second kappa shape index (κ2) is 10.2. The summed E-state index contributed by atoms with van der Waals surface area (Å²) in [4.78, 5) is 31.4. The van der Waals surface area contributed by atoms with Gasteiger partial charge in [-0.1, -0.05) is 39.8 Å². The van der Waals surface area contributed by atoms with Crippen LogP contribution in [0, 0.1) is 5.92 Å². The summed E-state index contributed by atoms with van der Waals surface area (Å²) in [5.41, 5.74) is 0.648. The van der Waals surface area contributed by atoms with Gasteiger partial charge in [-0.2, -0.15) is 0 Å². The number of carbonyl (C=O) groups excluding carboxylic acids is 1. The van der Waals surface area contributed by atoms with E-state index in [1.165, 1.54) is 0 Å². The maximum atomic E-state index is 12.5. The molecular weight excluding hydrogens is 340 g/mol. The fourth-order valence-corrected chi connectivity index (χ4v) is 3.46. The van der Waals surface area contributed by atoms with Crippen LogP contribution in [0.15, 0.2) is 35.4 Å². The SMILES string of the molecule is CCN(CC)C(CNC(=O)CCCn1cnc2ccccc2c1=O)C(C)C. The number of nitrogens with one attached hydrogen (secondary N) is 1. The Kier molecular flexibility index (Phi) is 7.98. The first-order chi connectivity index (χ1) is 13.0. The highest BCUT2D eigenvalue weighted by molar-refractivity contribution is 5.77. The van der Waals surface area contributed by atoms with E-state index in [1.54, 1.807) is 17.0 Å². The zero-order valence-corrected chi connectivity index (χ0v) is 16.9. The third-order valence-corrected chi connectivity index (χ3v) is 5.09. The first kappa shape index (κ1) is 21.1. The largest absolute Gasteiger partial charge is 0.355 e. The number of amides is 1. The molecule has 0 radical (unpaired) electrons. The van der Waals surface area contributed by atoms with E-state index in [2.05, 4.69) is 42.9 Å². The molecule has 148 valence electrons. The number of aryl methyl sites for hydroxylation is 1. The van der Waals surface area contributed by atoms with Crippen molar-refractivity contribution >= 4 is 16.8 Å². The maximum absolute atomic E-state index is 12.5. The third kappa shape index (κ3) is 5.63. The van der Waals surface area contributed by atoms with E-state index in [-0.39, 0.29) is 11.5 Å². The minimum absolute atomic E-state index is 0.0367. The fourth-order valence-electron chi connectivity index (χ4n) is 3.46. The number of para-hydroxylation sites is 1. The summed E-state index contributed by atoms with van der Waals surface area (Å²) in [5.74, 6) is 0.516. The molecule has 2 aromatic rings. The van der Waals surface area contributed by atoms with E-state index in [1.807, 2.05) is 18.2 Å². The molecule has 1 unspecified atom stereocenters. The van der Waals surface area contributed by atoms with Gasteiger partial charge in [0.1, 0.15) is 0 Å². The molecule has 1 amide bonds. The molecule has 6 nitrogen and oxygen atoms in total. The summed E-state index contributed by atoms with van der Waals surface area (Å²) in [6, 6.07) is 7.66. The molecule has 1 atom stereocenters. The number of rotatable bonds is 10. The third-order valence-electron chi connectivity index (χ3n) is 5.09. The molecule has 0 aliphatic heterocycles. The quantitative estimate of drug-likeness (QED) is 0.696. The van der Waals surface area contributed by atoms with Gasteiger partial charge in [0.05, 0.1) is 17.2 Å². The van der Waals surface area contributed by atoms with Crippen molar-refractivity contribution in [2.45, 2.75) is 53.1 Å². The zero-order valence-electron chi connectivity index (χ0n) is 16.9. The number of nitrogens with zero attached hydrogens (tertiary/aromatic N) is 3. The molecule has 27 heavy (non-hydrogen) atoms. The monoisotopic (exact) mass is 372 g/mol. The number of likely N-dealkylation sites (N-methyl/N-ethyl adjacent to an activating group) is 1. The van der Waals surface area contributed by atoms with Crippen LogP contribution in [-0.4, -0.2) is 46.0 Å². The Balaban J connectivity index is 1.85. The van der Waals surface area contributed by atoms with Gasteiger partial charge in [0.2, 0.25) is 5.91 Å². The van der Waals surface area contributed by atoms with Crippen molar-refractivity contribution in [2.24, 2.45) is 5.92 Å². The van der Waals surface area contributed by atoms with Gasteiger partial charge in [-0.05, 0) is 37.6 Å². The molecule has 0 aliphatic carbocycles. The number of hydrogen-bond donors (Lipinski definition) is 1. The minimum Gasteiger partial charge on any atom is -0.355 e. The number of hydrogen-bond acceptors (Lipinski definition) is 4. The molecule has 0 spiro atoms. The average Bonchev–Trinajstić information content (AvgIpc) is 2.66. The molecule has 0 saturated heterocycles. The van der Waals surface area contributed by atoms with Crippen LogP contribution >= 0.6 is 0 Å². The van der Waals surface area contributed by atoms with Crippen LogP contribution in [-0.2, 0) is 11.3 Å². The summed E-state index contributed by atoms with van der Waals surface area (Å²) < 4.78 is 1.59. The number of aromatic nitrogens is 2. The van der Waals surface area contributed by atoms with Crippen LogP contribution in [0.25, 0.3) is 10.9 Å². The second-order valence-corrected chi connectivity index (χ2v) is 7.20. The summed E-state index contributed by atoms with van der Waals surface area (Å²) in [7, 11) is 0. The Hall–Kier alpha value is -2.21. The lowest BCUT2D eigenvalue weighted by molar-refractivity contribution is -0.121. The molecule has 1 N–H and O–H groups in total. The van der Waals surface area contributed by atoms with Crippen molar-refractivity contribution in [1.82, 2.24) is 19.8 Å². The number of carbonyl (C=O) groups is 1. The fraction of sp³-hybridized carbons (Fsp3) is 0.571. The Morgan fingerprint density at radius 2 is 1.93 bits per heavy atom. The first-order valence-electron chi connectivity index (χ1n) is 9.92. The molecule has 2 rings (SSSR count). The Labute approximate surface area is 161 Å². The van der Waals surface area contributed by atoms with E-state index in [4.69, 9.17) is 0 Å². The Morgan fingerprint density at radius 1 is 1.22 bits per heavy atom. The molecule has 0 bridgehead atoms. The molecule has 0 aliphatic rings. The van der Waals surface area contributed by atoms with Gasteiger partial charge in [0.25, 0.3) is 5.56 Å². The van der Waals surface area contributed by atoms with Crippen LogP contribution < -0.4 is 10.9 Å². The van der Waals surface area contributed by atoms with Gasteiger partial charge in [-0.15, -0.1) is 0 Å². The Morgan fingerprint density at radius 3 is 2.59 bits per heavy atom. The normalized spacial score (nSPS) is 12.7. The van der Waals surface area contributed by atoms with Crippen LogP contribution in [0.4, 0.5) is 0 Å². The zero-order chi connectivity index (χ0) is 19.8. The maximum Gasteiger partial charge on any atom is 0.261 e. The molecular formula is C21H32N4O2. The average molecular weight is 373 g/mol. The lowest BCUT2D eigenvalue weighted by Crippen LogP contribution is -2.46. The topological polar surface area (TPSA) is 67.2 Å². The molecule has 6 heteroatoms. The molecule has 1 aromatic carbocycles. The molecule has 1 heterocycles. The smallest absolute Gasteiger partial charge is 0.261 e. The van der Waals surface area contributed by atoms with E-state index >= 15 is 0 Å². The van der Waals surface area contributed by atoms with Crippen molar-refractivity contribution < 1.29 is 4.79 Å². The standard InChI is InChI=1S/C21H32N4O2/c1-5-24(6-2)19(16(3)4)14-22-20(26)12-9-13-25-15-23-18-11-8-7-10-17(18)21(25)27/h7-8,10-11,15-16,19H,5-6,9,12-14H2,1-4H3,(H,22,26). The van der Waals surface area contributed by atoms with Crippen LogP contribution in [0.2, 0.25) is 0 Å². The van der Waals surface area contributed by atoms with Crippen molar-refractivity contribution in [3.8, 4) is 0 Å². The predicted molar refractivity (Wildman–Crippen MR) is 110 cm³/mol. The van der Waals surface area contributed by atoms with Gasteiger partial charge in [0, 0.05) is 25.6 Å². The number of benzene rings is 1. The lowest BCUT2D eigenvalue weighted by Gasteiger charge is -2.32. The van der Waals surface area contributed by atoms with Gasteiger partial charge in [-0.25, -0.2) is 4.98 Å². The van der Waals surface area contributed by atoms with Gasteiger partial charge in [-0.3, -0.25) is 19.1 Å². The van der Waals surface area contributed by atoms with Crippen molar-refractivity contribution in [3.63, 3.8) is 0 Å². The van der Waals surface area contributed by atoms with Gasteiger partial charge >= 0.3 is 0 Å². The second-order valence-electron chi connectivity index (χ2n) is 7.20. The van der Waals surface area contributed by atoms with Crippen LogP contribution in [0.5, 0.6) is 0 Å². The predicted octanol–water partition coefficient (Wildman–Crippen LogP) is 2.66. The van der Waals surface area contributed by atoms with Crippen molar-refractivity contribution in [2.75, 3.05) is 19.6 Å². The molecule has 1 aromatic heterocycles. The highest BCUT2D eigenvalue weighted by atomic mass is 16.1. The van der Waals surface area contributed by atoms with E-state index < -0.39 is 0 Å². The summed E-state index contributed by atoms with van der Waals surface area (Å²) in [6.07, 6.45) is 2.59. The Bertz CT molecular complexity index is 796. The summed E-state index contributed by atoms with van der Waals surface area (Å²) in [6.45, 7) is 11.8. The van der Waals surface area contributed by atoms with Crippen molar-refractivity contribution in [1.29, 1.82) is 0 Å². The minimum atomic E-state index is -0.0533. The van der Waals surface area contributed by atoms with E-state index in [0.717, 1.165) is 13.1 Å². The number of fused-ring (bicyclic) bond motifs is 1. The van der Waals surface area contributed by atoms with Crippen molar-refractivity contribution in [3.05, 3.63) is 40.9 Å². The van der Waals surface area contributed by atoms with E-state index in [9.17, 15) is 9.59 Å². The van der Waals surface area contributed by atoms with Gasteiger partial charge < -0.3 is 5.32 Å². The summed E-state index contributed by atoms with van der Waals surface area (Å²) in [5, 5.41) is 3.67.